The van der Waals surface area contributed by atoms with Crippen molar-refractivity contribution in [2.24, 2.45) is 0 Å². The fourth-order valence-electron chi connectivity index (χ4n) is 2.77. The average Bonchev–Trinajstić information content (AvgIpc) is 2.79. The maximum absolute atomic E-state index is 12.6. The van der Waals surface area contributed by atoms with Gasteiger partial charge in [0, 0.05) is 12.4 Å². The van der Waals surface area contributed by atoms with E-state index >= 15 is 0 Å². The molecular formula is C24H23NO5. The number of benzene rings is 2. The Morgan fingerprint density at radius 1 is 0.833 bits per heavy atom. The van der Waals surface area contributed by atoms with E-state index in [1.165, 1.54) is 14.2 Å². The molecule has 0 aliphatic heterocycles. The monoisotopic (exact) mass is 405 g/mol. The normalized spacial score (nSPS) is 10.6. The number of carbonyl (C=O) groups excluding carboxylic acids is 1. The van der Waals surface area contributed by atoms with Crippen molar-refractivity contribution in [1.82, 2.24) is 4.98 Å². The van der Waals surface area contributed by atoms with Crippen molar-refractivity contribution in [1.29, 1.82) is 0 Å². The molecule has 154 valence electrons. The van der Waals surface area contributed by atoms with Crippen molar-refractivity contribution >= 4 is 18.1 Å². The largest absolute Gasteiger partial charge is 0.493 e. The topological polar surface area (TPSA) is 66.9 Å². The number of hydrogen-bond donors (Lipinski definition) is 0. The molecule has 0 radical (unpaired) electrons. The highest BCUT2D eigenvalue weighted by molar-refractivity contribution is 5.92. The first-order valence-corrected chi connectivity index (χ1v) is 9.43. The molecule has 0 aliphatic rings. The van der Waals surface area contributed by atoms with E-state index in [-0.39, 0.29) is 0 Å². The van der Waals surface area contributed by atoms with E-state index in [2.05, 4.69) is 4.98 Å². The third-order valence-electron chi connectivity index (χ3n) is 4.26. The highest BCUT2D eigenvalue weighted by Crippen LogP contribution is 2.32. The number of aromatic nitrogens is 1. The fourth-order valence-corrected chi connectivity index (χ4v) is 2.77. The molecule has 1 aromatic heterocycles. The summed E-state index contributed by atoms with van der Waals surface area (Å²) in [6, 6.07) is 14.1. The van der Waals surface area contributed by atoms with Gasteiger partial charge in [-0.15, -0.1) is 0 Å². The molecule has 6 nitrogen and oxygen atoms in total. The van der Waals surface area contributed by atoms with Crippen LogP contribution in [0.3, 0.4) is 0 Å². The lowest BCUT2D eigenvalue weighted by atomic mass is 10.1. The maximum Gasteiger partial charge on any atom is 0.343 e. The van der Waals surface area contributed by atoms with Gasteiger partial charge in [-0.3, -0.25) is 4.98 Å². The van der Waals surface area contributed by atoms with E-state index in [4.69, 9.17) is 18.9 Å². The molecule has 6 heteroatoms. The molecule has 0 bridgehead atoms. The van der Waals surface area contributed by atoms with Crippen LogP contribution in [0.1, 0.15) is 28.4 Å². The summed E-state index contributed by atoms with van der Waals surface area (Å²) < 4.78 is 21.7. The first-order valence-electron chi connectivity index (χ1n) is 9.43. The van der Waals surface area contributed by atoms with Gasteiger partial charge in [-0.25, -0.2) is 4.79 Å². The Labute approximate surface area is 175 Å². The predicted molar refractivity (Wildman–Crippen MR) is 115 cm³/mol. The first kappa shape index (κ1) is 20.9. The van der Waals surface area contributed by atoms with Crippen LogP contribution in [0.5, 0.6) is 23.0 Å². The van der Waals surface area contributed by atoms with Crippen LogP contribution >= 0.6 is 0 Å². The number of methoxy groups -OCH3 is 2. The summed E-state index contributed by atoms with van der Waals surface area (Å²) >= 11 is 0. The molecule has 3 aromatic rings. The van der Waals surface area contributed by atoms with Gasteiger partial charge >= 0.3 is 5.97 Å². The number of rotatable bonds is 8. The van der Waals surface area contributed by atoms with E-state index in [9.17, 15) is 4.79 Å². The summed E-state index contributed by atoms with van der Waals surface area (Å²) in [4.78, 5) is 16.6. The maximum atomic E-state index is 12.6. The summed E-state index contributed by atoms with van der Waals surface area (Å²) in [6.45, 7) is 2.32. The van der Waals surface area contributed by atoms with Crippen LogP contribution in [0, 0.1) is 0 Å². The third-order valence-corrected chi connectivity index (χ3v) is 4.26. The number of carbonyl (C=O) groups is 1. The Morgan fingerprint density at radius 2 is 1.53 bits per heavy atom. The minimum atomic E-state index is -0.517. The molecule has 2 aromatic carbocycles. The molecule has 0 saturated heterocycles. The molecule has 0 atom stereocenters. The zero-order chi connectivity index (χ0) is 21.3. The lowest BCUT2D eigenvalue weighted by molar-refractivity contribution is 0.0728. The number of esters is 1. The van der Waals surface area contributed by atoms with Crippen LogP contribution in [-0.2, 0) is 0 Å². The average molecular weight is 405 g/mol. The molecule has 3 rings (SSSR count). The van der Waals surface area contributed by atoms with Gasteiger partial charge in [0.25, 0.3) is 0 Å². The Balaban J connectivity index is 1.81. The zero-order valence-corrected chi connectivity index (χ0v) is 17.1. The minimum Gasteiger partial charge on any atom is -0.493 e. The van der Waals surface area contributed by atoms with Crippen LogP contribution in [0.25, 0.3) is 12.2 Å². The van der Waals surface area contributed by atoms with Gasteiger partial charge < -0.3 is 18.9 Å². The van der Waals surface area contributed by atoms with E-state index in [1.54, 1.807) is 36.7 Å². The number of pyridine rings is 1. The second-order valence-electron chi connectivity index (χ2n) is 6.21. The van der Waals surface area contributed by atoms with Gasteiger partial charge in [0.2, 0.25) is 0 Å². The predicted octanol–water partition coefficient (Wildman–Crippen LogP) is 4.89. The lowest BCUT2D eigenvalue weighted by Crippen LogP contribution is -2.10. The number of ether oxygens (including phenoxy) is 4. The van der Waals surface area contributed by atoms with Crippen molar-refractivity contribution in [2.75, 3.05) is 20.8 Å². The Hall–Kier alpha value is -3.80. The van der Waals surface area contributed by atoms with Crippen LogP contribution in [0.15, 0.2) is 60.9 Å². The van der Waals surface area contributed by atoms with Crippen LogP contribution in [0.4, 0.5) is 0 Å². The molecule has 0 fully saturated rings. The highest BCUT2D eigenvalue weighted by Gasteiger charge is 2.15. The molecule has 0 amide bonds. The highest BCUT2D eigenvalue weighted by atomic mass is 16.6. The quantitative estimate of drug-likeness (QED) is 0.393. The molecule has 0 unspecified atom stereocenters. The van der Waals surface area contributed by atoms with E-state index in [1.807, 2.05) is 43.3 Å². The molecular weight excluding hydrogens is 382 g/mol. The van der Waals surface area contributed by atoms with E-state index in [0.717, 1.165) is 11.1 Å². The molecule has 0 N–H and O–H groups in total. The second-order valence-corrected chi connectivity index (χ2v) is 6.21. The number of hydrogen-bond acceptors (Lipinski definition) is 6. The SMILES string of the molecule is CCOc1cc(/C=C/c2ccncc2)ccc1OC(=O)c1ccc(OC)c(OC)c1. The van der Waals surface area contributed by atoms with Gasteiger partial charge in [-0.2, -0.15) is 0 Å². The molecule has 1 heterocycles. The fraction of sp³-hybridized carbons (Fsp3) is 0.167. The smallest absolute Gasteiger partial charge is 0.343 e. The van der Waals surface area contributed by atoms with Crippen molar-refractivity contribution in [2.45, 2.75) is 6.92 Å². The lowest BCUT2D eigenvalue weighted by Gasteiger charge is -2.12. The Kier molecular flexibility index (Phi) is 7.05. The van der Waals surface area contributed by atoms with Gasteiger partial charge in [-0.1, -0.05) is 18.2 Å². The van der Waals surface area contributed by atoms with Crippen LogP contribution in [-0.4, -0.2) is 31.8 Å². The van der Waals surface area contributed by atoms with E-state index < -0.39 is 5.97 Å². The molecule has 30 heavy (non-hydrogen) atoms. The minimum absolute atomic E-state index is 0.344. The van der Waals surface area contributed by atoms with Crippen molar-refractivity contribution in [3.05, 3.63) is 77.6 Å². The van der Waals surface area contributed by atoms with Crippen LogP contribution in [0.2, 0.25) is 0 Å². The number of nitrogens with zero attached hydrogens (tertiary/aromatic N) is 1. The Bertz CT molecular complexity index is 1030. The van der Waals surface area contributed by atoms with Gasteiger partial charge in [-0.05, 0) is 60.5 Å². The molecule has 0 saturated carbocycles. The van der Waals surface area contributed by atoms with Crippen molar-refractivity contribution in [3.8, 4) is 23.0 Å². The van der Waals surface area contributed by atoms with Gasteiger partial charge in [0.05, 0.1) is 26.4 Å². The Morgan fingerprint density at radius 3 is 2.23 bits per heavy atom. The second kappa shape index (κ2) is 10.1. The summed E-state index contributed by atoms with van der Waals surface area (Å²) in [5.41, 5.74) is 2.30. The molecule has 0 spiro atoms. The summed E-state index contributed by atoms with van der Waals surface area (Å²) in [5.74, 6) is 1.31. The van der Waals surface area contributed by atoms with Crippen molar-refractivity contribution in [3.63, 3.8) is 0 Å². The van der Waals surface area contributed by atoms with Crippen molar-refractivity contribution < 1.29 is 23.7 Å². The van der Waals surface area contributed by atoms with Crippen LogP contribution < -0.4 is 18.9 Å². The first-order chi connectivity index (χ1) is 14.6. The van der Waals surface area contributed by atoms with E-state index in [0.29, 0.717) is 35.2 Å². The molecule has 0 aliphatic carbocycles. The van der Waals surface area contributed by atoms with Gasteiger partial charge in [0.1, 0.15) is 0 Å². The van der Waals surface area contributed by atoms with Gasteiger partial charge in [0.15, 0.2) is 23.0 Å². The zero-order valence-electron chi connectivity index (χ0n) is 17.1. The summed E-state index contributed by atoms with van der Waals surface area (Å²) in [5, 5.41) is 0. The summed E-state index contributed by atoms with van der Waals surface area (Å²) in [6.07, 6.45) is 7.41. The standard InChI is InChI=1S/C24H23NO5/c1-4-29-23-15-18(6-5-17-11-13-25-14-12-17)7-9-21(23)30-24(26)19-8-10-20(27-2)22(16-19)28-3/h5-16H,4H2,1-3H3/b6-5+. The summed E-state index contributed by atoms with van der Waals surface area (Å²) in [7, 11) is 3.05. The third kappa shape index (κ3) is 5.17.